The summed E-state index contributed by atoms with van der Waals surface area (Å²) in [7, 11) is 4.28. The SMILES string of the molecule is CCNC(=NCCCCCCCN(C)C)N1CCN(C(C)C(=O)N2CCCC2)CC1.I. The predicted octanol–water partition coefficient (Wildman–Crippen LogP) is 2.71. The van der Waals surface area contributed by atoms with Gasteiger partial charge in [-0.25, -0.2) is 0 Å². The second kappa shape index (κ2) is 16.1. The van der Waals surface area contributed by atoms with Gasteiger partial charge in [0.05, 0.1) is 6.04 Å². The number of hydrogen-bond donors (Lipinski definition) is 1. The Balaban J connectivity index is 0.00000480. The maximum Gasteiger partial charge on any atom is 0.239 e. The molecule has 0 aromatic carbocycles. The fourth-order valence-electron chi connectivity index (χ4n) is 4.36. The first-order valence-corrected chi connectivity index (χ1v) is 12.2. The van der Waals surface area contributed by atoms with Crippen molar-refractivity contribution in [1.29, 1.82) is 0 Å². The molecule has 0 saturated carbocycles. The first-order valence-electron chi connectivity index (χ1n) is 12.2. The van der Waals surface area contributed by atoms with Crippen LogP contribution in [0.4, 0.5) is 0 Å². The zero-order chi connectivity index (χ0) is 21.8. The third-order valence-electron chi connectivity index (χ3n) is 6.30. The summed E-state index contributed by atoms with van der Waals surface area (Å²) >= 11 is 0. The first kappa shape index (κ1) is 28.4. The van der Waals surface area contributed by atoms with Crippen molar-refractivity contribution < 1.29 is 4.79 Å². The van der Waals surface area contributed by atoms with E-state index in [-0.39, 0.29) is 30.0 Å². The van der Waals surface area contributed by atoms with E-state index in [1.165, 1.54) is 32.2 Å². The normalized spacial score (nSPS) is 18.9. The average Bonchev–Trinajstić information content (AvgIpc) is 3.28. The third-order valence-corrected chi connectivity index (χ3v) is 6.30. The number of hydrogen-bond acceptors (Lipinski definition) is 4. The number of carbonyl (C=O) groups excluding carboxylic acids is 1. The van der Waals surface area contributed by atoms with Crippen LogP contribution in [0.25, 0.3) is 0 Å². The molecule has 2 aliphatic rings. The molecule has 0 spiro atoms. The zero-order valence-corrected chi connectivity index (χ0v) is 22.8. The smallest absolute Gasteiger partial charge is 0.239 e. The van der Waals surface area contributed by atoms with E-state index >= 15 is 0 Å². The fraction of sp³-hybridized carbons (Fsp3) is 0.913. The minimum Gasteiger partial charge on any atom is -0.357 e. The summed E-state index contributed by atoms with van der Waals surface area (Å²) in [6.45, 7) is 12.8. The van der Waals surface area contributed by atoms with Crippen LogP contribution in [-0.2, 0) is 4.79 Å². The van der Waals surface area contributed by atoms with Crippen molar-refractivity contribution in [1.82, 2.24) is 24.9 Å². The highest BCUT2D eigenvalue weighted by atomic mass is 127. The lowest BCUT2D eigenvalue weighted by molar-refractivity contribution is -0.135. The van der Waals surface area contributed by atoms with Gasteiger partial charge in [0.1, 0.15) is 0 Å². The molecule has 2 fully saturated rings. The lowest BCUT2D eigenvalue weighted by atomic mass is 10.1. The van der Waals surface area contributed by atoms with E-state index < -0.39 is 0 Å². The molecule has 2 rings (SSSR count). The summed E-state index contributed by atoms with van der Waals surface area (Å²) in [4.78, 5) is 26.6. The van der Waals surface area contributed by atoms with Gasteiger partial charge in [-0.1, -0.05) is 19.3 Å². The van der Waals surface area contributed by atoms with Gasteiger partial charge in [-0.15, -0.1) is 24.0 Å². The van der Waals surface area contributed by atoms with Crippen molar-refractivity contribution >= 4 is 35.8 Å². The number of aliphatic imine (C=N–C) groups is 1. The number of unbranched alkanes of at least 4 members (excludes halogenated alkanes) is 4. The summed E-state index contributed by atoms with van der Waals surface area (Å²) in [6, 6.07) is -0.00253. The first-order chi connectivity index (χ1) is 14.5. The zero-order valence-electron chi connectivity index (χ0n) is 20.4. The van der Waals surface area contributed by atoms with Crippen LogP contribution in [0.3, 0.4) is 0 Å². The average molecular weight is 551 g/mol. The van der Waals surface area contributed by atoms with Gasteiger partial charge in [0, 0.05) is 52.4 Å². The van der Waals surface area contributed by atoms with Gasteiger partial charge in [0.25, 0.3) is 0 Å². The second-order valence-corrected chi connectivity index (χ2v) is 9.04. The molecule has 7 nitrogen and oxygen atoms in total. The number of piperazine rings is 1. The van der Waals surface area contributed by atoms with E-state index in [4.69, 9.17) is 4.99 Å². The molecule has 0 aromatic heterocycles. The summed E-state index contributed by atoms with van der Waals surface area (Å²) in [5.74, 6) is 1.36. The Morgan fingerprint density at radius 2 is 1.55 bits per heavy atom. The highest BCUT2D eigenvalue weighted by Crippen LogP contribution is 2.14. The number of likely N-dealkylation sites (tertiary alicyclic amines) is 1. The molecule has 1 amide bonds. The number of carbonyl (C=O) groups is 1. The predicted molar refractivity (Wildman–Crippen MR) is 141 cm³/mol. The number of nitrogens with one attached hydrogen (secondary N) is 1. The summed E-state index contributed by atoms with van der Waals surface area (Å²) in [5.41, 5.74) is 0. The number of rotatable bonds is 11. The van der Waals surface area contributed by atoms with Crippen molar-refractivity contribution in [2.75, 3.05) is 73.0 Å². The van der Waals surface area contributed by atoms with Crippen molar-refractivity contribution in [3.05, 3.63) is 0 Å². The Morgan fingerprint density at radius 1 is 0.935 bits per heavy atom. The Hall–Kier alpha value is -0.610. The van der Waals surface area contributed by atoms with Gasteiger partial charge in [0.2, 0.25) is 5.91 Å². The van der Waals surface area contributed by atoms with Crippen LogP contribution in [0.15, 0.2) is 4.99 Å². The van der Waals surface area contributed by atoms with Gasteiger partial charge in [0.15, 0.2) is 5.96 Å². The molecule has 31 heavy (non-hydrogen) atoms. The molecule has 0 bridgehead atoms. The molecule has 8 heteroatoms. The number of guanidine groups is 1. The molecule has 0 aliphatic carbocycles. The van der Waals surface area contributed by atoms with Crippen LogP contribution < -0.4 is 5.32 Å². The topological polar surface area (TPSA) is 54.4 Å². The van der Waals surface area contributed by atoms with Gasteiger partial charge in [-0.05, 0) is 60.2 Å². The fourth-order valence-corrected chi connectivity index (χ4v) is 4.36. The number of amides is 1. The van der Waals surface area contributed by atoms with Crippen molar-refractivity contribution in [3.63, 3.8) is 0 Å². The molecule has 0 radical (unpaired) electrons. The molecule has 1 unspecified atom stereocenters. The molecular formula is C23H47IN6O. The van der Waals surface area contributed by atoms with Crippen LogP contribution in [0.2, 0.25) is 0 Å². The van der Waals surface area contributed by atoms with Crippen LogP contribution in [0.1, 0.15) is 58.8 Å². The minimum absolute atomic E-state index is 0. The second-order valence-electron chi connectivity index (χ2n) is 9.04. The van der Waals surface area contributed by atoms with Gasteiger partial charge < -0.3 is 20.0 Å². The Morgan fingerprint density at radius 3 is 2.16 bits per heavy atom. The third kappa shape index (κ3) is 10.2. The van der Waals surface area contributed by atoms with Gasteiger partial charge in [-0.2, -0.15) is 0 Å². The van der Waals surface area contributed by atoms with Crippen LogP contribution in [0.5, 0.6) is 0 Å². The summed E-state index contributed by atoms with van der Waals surface area (Å²) in [5, 5.41) is 3.46. The van der Waals surface area contributed by atoms with E-state index in [1.807, 2.05) is 4.90 Å². The molecular weight excluding hydrogens is 503 g/mol. The van der Waals surface area contributed by atoms with Gasteiger partial charge >= 0.3 is 0 Å². The Kier molecular flexibility index (Phi) is 14.7. The Bertz CT molecular complexity index is 516. The summed E-state index contributed by atoms with van der Waals surface area (Å²) in [6.07, 6.45) is 8.66. The lowest BCUT2D eigenvalue weighted by Crippen LogP contribution is -2.57. The van der Waals surface area contributed by atoms with Crippen LogP contribution >= 0.6 is 24.0 Å². The molecule has 2 saturated heterocycles. The molecule has 2 heterocycles. The maximum absolute atomic E-state index is 12.7. The number of nitrogens with zero attached hydrogens (tertiary/aromatic N) is 5. The van der Waals surface area contributed by atoms with Crippen LogP contribution in [-0.4, -0.2) is 111 Å². The Labute approximate surface area is 208 Å². The van der Waals surface area contributed by atoms with E-state index in [1.54, 1.807) is 0 Å². The molecule has 2 aliphatic heterocycles. The highest BCUT2D eigenvalue weighted by molar-refractivity contribution is 14.0. The van der Waals surface area contributed by atoms with Crippen molar-refractivity contribution in [3.8, 4) is 0 Å². The van der Waals surface area contributed by atoms with Crippen LogP contribution in [0, 0.1) is 0 Å². The van der Waals surface area contributed by atoms with E-state index in [2.05, 4.69) is 48.0 Å². The van der Waals surface area contributed by atoms with E-state index in [0.29, 0.717) is 5.91 Å². The molecule has 182 valence electrons. The molecule has 1 N–H and O–H groups in total. The highest BCUT2D eigenvalue weighted by Gasteiger charge is 2.30. The van der Waals surface area contributed by atoms with Crippen molar-refractivity contribution in [2.24, 2.45) is 4.99 Å². The largest absolute Gasteiger partial charge is 0.357 e. The van der Waals surface area contributed by atoms with Gasteiger partial charge in [-0.3, -0.25) is 14.7 Å². The standard InChI is InChI=1S/C23H46N6O.HI/c1-5-24-23(25-13-9-7-6-8-10-14-26(3)4)29-19-17-27(18-20-29)21(2)22(30)28-15-11-12-16-28;/h21H,5-20H2,1-4H3,(H,24,25);1H. The van der Waals surface area contributed by atoms with E-state index in [9.17, 15) is 4.79 Å². The lowest BCUT2D eigenvalue weighted by Gasteiger charge is -2.39. The minimum atomic E-state index is -0.00253. The molecule has 0 aromatic rings. The monoisotopic (exact) mass is 550 g/mol. The summed E-state index contributed by atoms with van der Waals surface area (Å²) < 4.78 is 0. The quantitative estimate of drug-likeness (QED) is 0.186. The van der Waals surface area contributed by atoms with Crippen molar-refractivity contribution in [2.45, 2.75) is 64.8 Å². The van der Waals surface area contributed by atoms with E-state index in [0.717, 1.165) is 77.6 Å². The number of halogens is 1. The molecule has 1 atom stereocenters. The maximum atomic E-state index is 12.7.